The molecule has 0 amide bonds. The number of carbonyl (C=O) groups is 2. The van der Waals surface area contributed by atoms with E-state index in [4.69, 9.17) is 18.5 Å². The van der Waals surface area contributed by atoms with Crippen LogP contribution in [0.2, 0.25) is 0 Å². The zero-order valence-electron chi connectivity index (χ0n) is 60.0. The molecule has 0 rings (SSSR count). The van der Waals surface area contributed by atoms with Crippen molar-refractivity contribution in [1.29, 1.82) is 0 Å². The standard InChI is InChI=1S/C78H154NO8P/c1-6-8-10-12-14-16-18-20-22-24-26-28-30-32-34-36-37-38-39-40-41-43-45-47-49-51-53-55-57-59-61-63-65-67-69-71-78(81)87-76(75-86-88(82,83)85-73-72-79(3,4)5)74-84-77(80)70-68-66-64-62-60-58-56-54-52-50-48-46-44-42-35-33-31-29-27-25-23-21-19-17-15-13-11-9-7-2/h24,26,76H,6-23,25,27-75H2,1-5H3/p+1/b26-24-. The summed E-state index contributed by atoms with van der Waals surface area (Å²) in [4.78, 5) is 36.0. The topological polar surface area (TPSA) is 108 Å². The van der Waals surface area contributed by atoms with Gasteiger partial charge in [-0.3, -0.25) is 18.6 Å². The van der Waals surface area contributed by atoms with E-state index in [-0.39, 0.29) is 25.6 Å². The molecule has 0 fully saturated rings. The van der Waals surface area contributed by atoms with Crippen LogP contribution in [-0.4, -0.2) is 74.9 Å². The molecule has 10 heteroatoms. The zero-order chi connectivity index (χ0) is 64.1. The van der Waals surface area contributed by atoms with Gasteiger partial charge in [0.2, 0.25) is 0 Å². The summed E-state index contributed by atoms with van der Waals surface area (Å²) in [6.07, 6.45) is 87.9. The van der Waals surface area contributed by atoms with Gasteiger partial charge in [0.05, 0.1) is 27.7 Å². The molecular weight excluding hydrogens is 1110 g/mol. The summed E-state index contributed by atoms with van der Waals surface area (Å²) >= 11 is 0. The molecule has 0 aromatic rings. The molecule has 0 saturated heterocycles. The average molecular weight is 1270 g/mol. The summed E-state index contributed by atoms with van der Waals surface area (Å²) in [6, 6.07) is 0. The number of hydrogen-bond donors (Lipinski definition) is 1. The summed E-state index contributed by atoms with van der Waals surface area (Å²) in [5, 5.41) is 0. The Morgan fingerprint density at radius 1 is 0.341 bits per heavy atom. The Bertz CT molecular complexity index is 1490. The molecule has 0 aromatic heterocycles. The molecule has 88 heavy (non-hydrogen) atoms. The number of hydrogen-bond acceptors (Lipinski definition) is 7. The Balaban J connectivity index is 3.90. The number of carbonyl (C=O) groups excluding carboxylic acids is 2. The molecular formula is C78H155NO8P+. The van der Waals surface area contributed by atoms with Crippen molar-refractivity contribution in [2.45, 2.75) is 431 Å². The van der Waals surface area contributed by atoms with Gasteiger partial charge in [0.15, 0.2) is 6.10 Å². The fourth-order valence-electron chi connectivity index (χ4n) is 12.3. The van der Waals surface area contributed by atoms with E-state index < -0.39 is 26.5 Å². The normalized spacial score (nSPS) is 13.0. The van der Waals surface area contributed by atoms with Crippen LogP contribution in [0.5, 0.6) is 0 Å². The van der Waals surface area contributed by atoms with Gasteiger partial charge in [0, 0.05) is 12.8 Å². The van der Waals surface area contributed by atoms with Gasteiger partial charge in [0.25, 0.3) is 0 Å². The van der Waals surface area contributed by atoms with Gasteiger partial charge < -0.3 is 18.9 Å². The first-order valence-electron chi connectivity index (χ1n) is 39.4. The number of allylic oxidation sites excluding steroid dienone is 2. The zero-order valence-corrected chi connectivity index (χ0v) is 60.9. The van der Waals surface area contributed by atoms with E-state index in [1.807, 2.05) is 21.1 Å². The van der Waals surface area contributed by atoms with Crippen molar-refractivity contribution in [3.63, 3.8) is 0 Å². The fourth-order valence-corrected chi connectivity index (χ4v) is 13.0. The molecule has 0 radical (unpaired) electrons. The number of phosphoric acid groups is 1. The third-order valence-electron chi connectivity index (χ3n) is 18.3. The molecule has 0 aliphatic carbocycles. The van der Waals surface area contributed by atoms with Crippen molar-refractivity contribution < 1.29 is 42.1 Å². The highest BCUT2D eigenvalue weighted by Crippen LogP contribution is 2.43. The van der Waals surface area contributed by atoms with Gasteiger partial charge in [-0.05, 0) is 38.5 Å². The van der Waals surface area contributed by atoms with Crippen molar-refractivity contribution in [3.05, 3.63) is 12.2 Å². The summed E-state index contributed by atoms with van der Waals surface area (Å²) in [7, 11) is 1.51. The molecule has 0 aliphatic heterocycles. The minimum absolute atomic E-state index is 0.0370. The first kappa shape index (κ1) is 86.8. The first-order valence-corrected chi connectivity index (χ1v) is 40.9. The highest BCUT2D eigenvalue weighted by atomic mass is 31.2. The van der Waals surface area contributed by atoms with Gasteiger partial charge in [-0.1, -0.05) is 386 Å². The number of unbranched alkanes of at least 4 members (excludes halogenated alkanes) is 59. The minimum Gasteiger partial charge on any atom is -0.462 e. The first-order chi connectivity index (χ1) is 43.0. The van der Waals surface area contributed by atoms with E-state index in [2.05, 4.69) is 26.0 Å². The highest BCUT2D eigenvalue weighted by Gasteiger charge is 2.27. The van der Waals surface area contributed by atoms with Crippen LogP contribution in [0.25, 0.3) is 0 Å². The van der Waals surface area contributed by atoms with Crippen LogP contribution in [0.4, 0.5) is 0 Å². The van der Waals surface area contributed by atoms with Crippen LogP contribution in [-0.2, 0) is 32.7 Å². The molecule has 2 unspecified atom stereocenters. The molecule has 0 saturated carbocycles. The second-order valence-electron chi connectivity index (χ2n) is 28.5. The van der Waals surface area contributed by atoms with E-state index in [1.54, 1.807) is 0 Å². The van der Waals surface area contributed by atoms with Crippen LogP contribution in [0.15, 0.2) is 12.2 Å². The summed E-state index contributed by atoms with van der Waals surface area (Å²) in [5.41, 5.74) is 0. The molecule has 0 aromatic carbocycles. The monoisotopic (exact) mass is 1270 g/mol. The van der Waals surface area contributed by atoms with E-state index in [9.17, 15) is 19.0 Å². The molecule has 9 nitrogen and oxygen atoms in total. The van der Waals surface area contributed by atoms with E-state index in [0.717, 1.165) is 38.5 Å². The number of rotatable bonds is 75. The second kappa shape index (κ2) is 70.1. The molecule has 1 N–H and O–H groups in total. The molecule has 0 spiro atoms. The lowest BCUT2D eigenvalue weighted by Gasteiger charge is -2.24. The molecule has 524 valence electrons. The largest absolute Gasteiger partial charge is 0.472 e. The number of phosphoric ester groups is 1. The molecule has 2 atom stereocenters. The Morgan fingerprint density at radius 3 is 0.841 bits per heavy atom. The van der Waals surface area contributed by atoms with Gasteiger partial charge in [-0.15, -0.1) is 0 Å². The maximum Gasteiger partial charge on any atom is 0.472 e. The van der Waals surface area contributed by atoms with Crippen LogP contribution in [0.1, 0.15) is 425 Å². The van der Waals surface area contributed by atoms with Gasteiger partial charge in [-0.25, -0.2) is 4.57 Å². The third kappa shape index (κ3) is 73.8. The Kier molecular flexibility index (Phi) is 69.1. The molecule has 0 aliphatic rings. The van der Waals surface area contributed by atoms with Crippen molar-refractivity contribution in [2.24, 2.45) is 0 Å². The van der Waals surface area contributed by atoms with E-state index in [1.165, 1.54) is 360 Å². The predicted octanol–water partition coefficient (Wildman–Crippen LogP) is 25.8. The Hall–Kier alpha value is -1.25. The Morgan fingerprint density at radius 2 is 0.580 bits per heavy atom. The SMILES string of the molecule is CCCCCCCCCC/C=C\CCCCCCCCCCCCCCCCCCCCCCCCCC(=O)OC(COC(=O)CCCCCCCCCCCCCCCCCCCCCCCCCCCCCCC)COP(=O)(O)OCC[N+](C)(C)C. The molecule has 0 bridgehead atoms. The molecule has 0 heterocycles. The summed E-state index contributed by atoms with van der Waals surface area (Å²) < 4.78 is 34.8. The van der Waals surface area contributed by atoms with Gasteiger partial charge in [-0.2, -0.15) is 0 Å². The lowest BCUT2D eigenvalue weighted by molar-refractivity contribution is -0.870. The second-order valence-corrected chi connectivity index (χ2v) is 29.9. The van der Waals surface area contributed by atoms with Crippen LogP contribution < -0.4 is 0 Å². The summed E-state index contributed by atoms with van der Waals surface area (Å²) in [6.45, 7) is 4.53. The van der Waals surface area contributed by atoms with Crippen molar-refractivity contribution in [2.75, 3.05) is 47.5 Å². The van der Waals surface area contributed by atoms with Crippen LogP contribution >= 0.6 is 7.82 Å². The lowest BCUT2D eigenvalue weighted by atomic mass is 10.0. The fraction of sp³-hybridized carbons (Fsp3) is 0.949. The average Bonchev–Trinajstić information content (AvgIpc) is 3.57. The maximum atomic E-state index is 12.9. The van der Waals surface area contributed by atoms with Crippen molar-refractivity contribution in [1.82, 2.24) is 0 Å². The number of nitrogens with zero attached hydrogens (tertiary/aromatic N) is 1. The van der Waals surface area contributed by atoms with Crippen molar-refractivity contribution in [3.8, 4) is 0 Å². The number of quaternary nitrogens is 1. The quantitative estimate of drug-likeness (QED) is 0.0211. The van der Waals surface area contributed by atoms with E-state index in [0.29, 0.717) is 17.4 Å². The Labute approximate surface area is 549 Å². The minimum atomic E-state index is -4.39. The maximum absolute atomic E-state index is 12.9. The number of esters is 2. The van der Waals surface area contributed by atoms with Crippen LogP contribution in [0.3, 0.4) is 0 Å². The van der Waals surface area contributed by atoms with Crippen molar-refractivity contribution >= 4 is 19.8 Å². The predicted molar refractivity (Wildman–Crippen MR) is 381 cm³/mol. The number of ether oxygens (including phenoxy) is 2. The van der Waals surface area contributed by atoms with Gasteiger partial charge in [0.1, 0.15) is 19.8 Å². The summed E-state index contributed by atoms with van der Waals surface area (Å²) in [5.74, 6) is -0.767. The third-order valence-corrected chi connectivity index (χ3v) is 19.3. The number of likely N-dealkylation sites (N-methyl/N-ethyl adjacent to an activating group) is 1. The van der Waals surface area contributed by atoms with E-state index >= 15 is 0 Å². The smallest absolute Gasteiger partial charge is 0.462 e. The van der Waals surface area contributed by atoms with Gasteiger partial charge >= 0.3 is 19.8 Å². The highest BCUT2D eigenvalue weighted by molar-refractivity contribution is 7.47. The lowest BCUT2D eigenvalue weighted by Crippen LogP contribution is -2.37. The van der Waals surface area contributed by atoms with Crippen LogP contribution in [0, 0.1) is 0 Å².